The van der Waals surface area contributed by atoms with E-state index in [1.54, 1.807) is 30.8 Å². The van der Waals surface area contributed by atoms with E-state index < -0.39 is 6.10 Å². The van der Waals surface area contributed by atoms with Crippen LogP contribution in [0.2, 0.25) is 5.02 Å². The highest BCUT2D eigenvalue weighted by Crippen LogP contribution is 2.29. The summed E-state index contributed by atoms with van der Waals surface area (Å²) in [6, 6.07) is 16.9. The van der Waals surface area contributed by atoms with Gasteiger partial charge in [-0.2, -0.15) is 9.61 Å². The van der Waals surface area contributed by atoms with Crippen molar-refractivity contribution in [1.29, 1.82) is 0 Å². The van der Waals surface area contributed by atoms with E-state index >= 15 is 0 Å². The Balaban J connectivity index is 1.44. The molecule has 2 N–H and O–H groups in total. The lowest BCUT2D eigenvalue weighted by molar-refractivity contribution is 0.199. The van der Waals surface area contributed by atoms with Crippen molar-refractivity contribution in [2.24, 2.45) is 0 Å². The number of hydrogen-bond acceptors (Lipinski definition) is 7. The van der Waals surface area contributed by atoms with Crippen molar-refractivity contribution >= 4 is 33.8 Å². The third kappa shape index (κ3) is 4.06. The fourth-order valence-electron chi connectivity index (χ4n) is 3.71. The molecule has 1 atom stereocenters. The molecule has 0 spiro atoms. The second-order valence-corrected chi connectivity index (χ2v) is 8.02. The lowest BCUT2D eigenvalue weighted by Gasteiger charge is -2.10. The molecule has 0 radical (unpaired) electrons. The molecule has 3 aromatic heterocycles. The van der Waals surface area contributed by atoms with Gasteiger partial charge in [-0.05, 0) is 48.9 Å². The number of hydrogen-bond donors (Lipinski definition) is 2. The normalized spacial score (nSPS) is 12.2. The zero-order valence-corrected chi connectivity index (χ0v) is 18.8. The van der Waals surface area contributed by atoms with E-state index in [2.05, 4.69) is 20.5 Å². The Morgan fingerprint density at radius 2 is 1.97 bits per heavy atom. The van der Waals surface area contributed by atoms with Gasteiger partial charge in [-0.15, -0.1) is 10.2 Å². The summed E-state index contributed by atoms with van der Waals surface area (Å²) in [6.07, 6.45) is 1.12. The molecule has 0 bridgehead atoms. The number of nitrogens with one attached hydrogen (secondary N) is 1. The molecule has 3 heterocycles. The first-order valence-electron chi connectivity index (χ1n) is 10.4. The molecule has 1 unspecified atom stereocenters. The van der Waals surface area contributed by atoms with Crippen LogP contribution < -0.4 is 10.1 Å². The molecule has 5 aromatic rings. The van der Waals surface area contributed by atoms with Crippen LogP contribution in [0.1, 0.15) is 24.4 Å². The van der Waals surface area contributed by atoms with E-state index in [-0.39, 0.29) is 0 Å². The highest BCUT2D eigenvalue weighted by atomic mass is 35.5. The maximum atomic E-state index is 9.82. The molecule has 0 amide bonds. The highest BCUT2D eigenvalue weighted by molar-refractivity contribution is 6.31. The van der Waals surface area contributed by atoms with Crippen LogP contribution in [0, 0.1) is 0 Å². The van der Waals surface area contributed by atoms with Crippen LogP contribution in [0.25, 0.3) is 27.8 Å². The van der Waals surface area contributed by atoms with Crippen molar-refractivity contribution in [2.75, 3.05) is 12.4 Å². The zero-order chi connectivity index (χ0) is 22.9. The highest BCUT2D eigenvalue weighted by Gasteiger charge is 2.12. The number of ether oxygens (including phenoxy) is 1. The Morgan fingerprint density at radius 3 is 2.76 bits per heavy atom. The molecule has 0 aliphatic rings. The summed E-state index contributed by atoms with van der Waals surface area (Å²) in [7, 11) is 1.64. The van der Waals surface area contributed by atoms with E-state index in [9.17, 15) is 5.11 Å². The smallest absolute Gasteiger partial charge is 0.178 e. The number of aromatic nitrogens is 5. The number of methoxy groups -OCH3 is 1. The molecule has 2 aromatic carbocycles. The monoisotopic (exact) mass is 460 g/mol. The Hall–Kier alpha value is -3.75. The average molecular weight is 461 g/mol. The Bertz CT molecular complexity index is 1470. The Morgan fingerprint density at radius 1 is 1.09 bits per heavy atom. The summed E-state index contributed by atoms with van der Waals surface area (Å²) in [5, 5.41) is 28.0. The quantitative estimate of drug-likeness (QED) is 0.380. The third-order valence-corrected chi connectivity index (χ3v) is 5.79. The fourth-order valence-corrected chi connectivity index (χ4v) is 4.04. The summed E-state index contributed by atoms with van der Waals surface area (Å²) in [5.74, 6) is 1.42. The van der Waals surface area contributed by atoms with Gasteiger partial charge in [0.25, 0.3) is 0 Å². The van der Waals surface area contributed by atoms with Crippen LogP contribution in [-0.2, 0) is 6.54 Å². The minimum Gasteiger partial charge on any atom is -0.497 e. The standard InChI is InChI=1S/C24H21ClN6O2/c1-14(32)17-5-3-15(11-19(17)25)20-7-8-23-28-29-24(31(23)30-20)13-27-21-9-10-26-22-12-16(33-2)4-6-18(21)22/h3-12,14,32H,13H2,1-2H3,(H,26,27). The molecule has 0 saturated carbocycles. The molecule has 33 heavy (non-hydrogen) atoms. The third-order valence-electron chi connectivity index (χ3n) is 5.46. The number of aliphatic hydroxyl groups is 1. The molecule has 0 saturated heterocycles. The zero-order valence-electron chi connectivity index (χ0n) is 18.0. The lowest BCUT2D eigenvalue weighted by Crippen LogP contribution is -2.07. The summed E-state index contributed by atoms with van der Waals surface area (Å²) >= 11 is 6.34. The van der Waals surface area contributed by atoms with Crippen molar-refractivity contribution in [3.8, 4) is 17.0 Å². The van der Waals surface area contributed by atoms with Crippen molar-refractivity contribution in [2.45, 2.75) is 19.6 Å². The number of benzene rings is 2. The summed E-state index contributed by atoms with van der Waals surface area (Å²) in [5.41, 5.74) is 4.65. The van der Waals surface area contributed by atoms with Gasteiger partial charge in [-0.25, -0.2) is 0 Å². The number of nitrogens with zero attached hydrogens (tertiary/aromatic N) is 5. The van der Waals surface area contributed by atoms with Gasteiger partial charge in [0.2, 0.25) is 0 Å². The van der Waals surface area contributed by atoms with Crippen molar-refractivity contribution in [3.63, 3.8) is 0 Å². The minimum atomic E-state index is -0.636. The first-order chi connectivity index (χ1) is 16.0. The van der Waals surface area contributed by atoms with E-state index in [0.717, 1.165) is 33.6 Å². The predicted molar refractivity (Wildman–Crippen MR) is 127 cm³/mol. The van der Waals surface area contributed by atoms with Crippen LogP contribution in [0.5, 0.6) is 5.75 Å². The fraction of sp³-hybridized carbons (Fsp3) is 0.167. The van der Waals surface area contributed by atoms with Gasteiger partial charge in [0, 0.05) is 33.9 Å². The Kier molecular flexibility index (Phi) is 5.53. The number of aliphatic hydroxyl groups excluding tert-OH is 1. The van der Waals surface area contributed by atoms with Crippen LogP contribution >= 0.6 is 11.6 Å². The molecular formula is C24H21ClN6O2. The maximum absolute atomic E-state index is 9.82. The number of pyridine rings is 1. The number of fused-ring (bicyclic) bond motifs is 2. The molecule has 166 valence electrons. The number of rotatable bonds is 6. The van der Waals surface area contributed by atoms with Gasteiger partial charge in [-0.3, -0.25) is 4.98 Å². The van der Waals surface area contributed by atoms with E-state index in [4.69, 9.17) is 21.4 Å². The van der Waals surface area contributed by atoms with Crippen molar-refractivity contribution < 1.29 is 9.84 Å². The van der Waals surface area contributed by atoms with Crippen molar-refractivity contribution in [3.05, 3.63) is 77.2 Å². The van der Waals surface area contributed by atoms with Crippen molar-refractivity contribution in [1.82, 2.24) is 24.8 Å². The number of halogens is 1. The van der Waals surface area contributed by atoms with Gasteiger partial charge in [0.05, 0.1) is 31.0 Å². The van der Waals surface area contributed by atoms with Crippen LogP contribution in [0.4, 0.5) is 5.69 Å². The second kappa shape index (κ2) is 8.65. The number of anilines is 1. The molecular weight excluding hydrogens is 440 g/mol. The minimum absolute atomic E-state index is 0.421. The maximum Gasteiger partial charge on any atom is 0.178 e. The molecule has 0 fully saturated rings. The van der Waals surface area contributed by atoms with Gasteiger partial charge in [0.15, 0.2) is 11.5 Å². The summed E-state index contributed by atoms with van der Waals surface area (Å²) in [6.45, 7) is 2.11. The largest absolute Gasteiger partial charge is 0.497 e. The summed E-state index contributed by atoms with van der Waals surface area (Å²) in [4.78, 5) is 4.42. The SMILES string of the molecule is COc1ccc2c(NCc3nnc4ccc(-c5ccc(C(C)O)c(Cl)c5)nn34)ccnc2c1. The molecule has 8 nitrogen and oxygen atoms in total. The lowest BCUT2D eigenvalue weighted by atomic mass is 10.1. The topological polar surface area (TPSA) is 97.5 Å². The predicted octanol–water partition coefficient (Wildman–Crippen LogP) is 4.67. The second-order valence-electron chi connectivity index (χ2n) is 7.61. The Labute approximate surface area is 194 Å². The van der Waals surface area contributed by atoms with Crippen LogP contribution in [0.15, 0.2) is 60.8 Å². The molecule has 0 aliphatic heterocycles. The van der Waals surface area contributed by atoms with Crippen LogP contribution in [0.3, 0.4) is 0 Å². The van der Waals surface area contributed by atoms with E-state index in [0.29, 0.717) is 28.6 Å². The van der Waals surface area contributed by atoms with Gasteiger partial charge in [0.1, 0.15) is 5.75 Å². The molecule has 0 aliphatic carbocycles. The molecule has 5 rings (SSSR count). The first kappa shape index (κ1) is 21.1. The van der Waals surface area contributed by atoms with Gasteiger partial charge in [-0.1, -0.05) is 23.7 Å². The molecule has 9 heteroatoms. The first-order valence-corrected chi connectivity index (χ1v) is 10.8. The van der Waals surface area contributed by atoms with Gasteiger partial charge < -0.3 is 15.2 Å². The summed E-state index contributed by atoms with van der Waals surface area (Å²) < 4.78 is 7.00. The van der Waals surface area contributed by atoms with E-state index in [1.165, 1.54) is 0 Å². The average Bonchev–Trinajstić information content (AvgIpc) is 3.24. The van der Waals surface area contributed by atoms with Gasteiger partial charge >= 0.3 is 0 Å². The van der Waals surface area contributed by atoms with Crippen LogP contribution in [-0.4, -0.2) is 37.0 Å². The van der Waals surface area contributed by atoms with E-state index in [1.807, 2.05) is 48.5 Å².